The summed E-state index contributed by atoms with van der Waals surface area (Å²) >= 11 is 3.51. The van der Waals surface area contributed by atoms with Gasteiger partial charge in [0.1, 0.15) is 12.6 Å². The van der Waals surface area contributed by atoms with Crippen LogP contribution in [0.15, 0.2) is 119 Å². The van der Waals surface area contributed by atoms with E-state index < -0.39 is 34.1 Å². The van der Waals surface area contributed by atoms with Crippen LogP contribution in [-0.4, -0.2) is 43.3 Å². The van der Waals surface area contributed by atoms with E-state index >= 15 is 0 Å². The summed E-state index contributed by atoms with van der Waals surface area (Å²) in [6, 6.07) is 31.4. The van der Waals surface area contributed by atoms with Crippen LogP contribution in [0.3, 0.4) is 0 Å². The molecule has 0 aliphatic carbocycles. The van der Waals surface area contributed by atoms with E-state index in [1.165, 1.54) is 17.0 Å². The Kier molecular flexibility index (Phi) is 11.2. The average molecular weight is 691 g/mol. The second kappa shape index (κ2) is 14.9. The highest BCUT2D eigenvalue weighted by Crippen LogP contribution is 2.26. The number of amides is 2. The zero-order chi connectivity index (χ0) is 32.6. The van der Waals surface area contributed by atoms with Gasteiger partial charge in [0, 0.05) is 23.0 Å². The van der Waals surface area contributed by atoms with Gasteiger partial charge in [0.25, 0.3) is 10.0 Å². The summed E-state index contributed by atoms with van der Waals surface area (Å²) in [4.78, 5) is 30.1. The molecule has 0 heterocycles. The highest BCUT2D eigenvalue weighted by atomic mass is 79.9. The lowest BCUT2D eigenvalue weighted by atomic mass is 10.0. The van der Waals surface area contributed by atoms with Crippen molar-refractivity contribution in [2.24, 2.45) is 0 Å². The molecule has 0 radical (unpaired) electrons. The topological polar surface area (TPSA) is 86.8 Å². The summed E-state index contributed by atoms with van der Waals surface area (Å²) in [5.41, 5.74) is 2.53. The van der Waals surface area contributed by atoms with Crippen LogP contribution in [0.5, 0.6) is 0 Å². The van der Waals surface area contributed by atoms with Gasteiger partial charge < -0.3 is 10.2 Å². The van der Waals surface area contributed by atoms with Gasteiger partial charge in [-0.25, -0.2) is 8.42 Å². The SMILES string of the molecule is CCc1ccc(N(CC(=O)N(Cc2cccc(Br)c2)[C@@H](Cc2ccccc2)C(=O)NC(C)(C)C)S(=O)(=O)c2ccccc2)cc1. The number of halogens is 1. The van der Waals surface area contributed by atoms with E-state index in [-0.39, 0.29) is 23.8 Å². The fraction of sp³-hybridized carbons (Fsp3) is 0.278. The van der Waals surface area contributed by atoms with E-state index in [4.69, 9.17) is 0 Å². The number of hydrogen-bond donors (Lipinski definition) is 1. The monoisotopic (exact) mass is 689 g/mol. The van der Waals surface area contributed by atoms with Gasteiger partial charge in [-0.3, -0.25) is 13.9 Å². The molecule has 2 amide bonds. The van der Waals surface area contributed by atoms with Crippen LogP contribution in [0.2, 0.25) is 0 Å². The smallest absolute Gasteiger partial charge is 0.264 e. The van der Waals surface area contributed by atoms with Crippen LogP contribution < -0.4 is 9.62 Å². The number of benzene rings is 4. The molecule has 4 rings (SSSR count). The van der Waals surface area contributed by atoms with Gasteiger partial charge in [-0.2, -0.15) is 0 Å². The Morgan fingerprint density at radius 2 is 1.40 bits per heavy atom. The number of sulfonamides is 1. The highest BCUT2D eigenvalue weighted by Gasteiger charge is 2.35. The molecule has 0 aliphatic heterocycles. The number of nitrogens with zero attached hydrogens (tertiary/aromatic N) is 2. The Morgan fingerprint density at radius 1 is 0.800 bits per heavy atom. The zero-order valence-electron chi connectivity index (χ0n) is 26.1. The molecule has 0 bridgehead atoms. The standard InChI is InChI=1S/C36H40BrN3O4S/c1-5-27-19-21-31(22-20-27)40(45(43,44)32-17-10-7-11-18-32)26-34(41)39(25-29-15-12-16-30(37)23-29)33(35(42)38-36(2,3)4)24-28-13-8-6-9-14-28/h6-23,33H,5,24-26H2,1-4H3,(H,38,42)/t33-/m0/s1. The van der Waals surface area contributed by atoms with Gasteiger partial charge in [0.2, 0.25) is 11.8 Å². The molecular formula is C36H40BrN3O4S. The molecular weight excluding hydrogens is 650 g/mol. The highest BCUT2D eigenvalue weighted by molar-refractivity contribution is 9.10. The van der Waals surface area contributed by atoms with Crippen molar-refractivity contribution >= 4 is 43.5 Å². The number of rotatable bonds is 12. The van der Waals surface area contributed by atoms with Crippen molar-refractivity contribution in [3.05, 3.63) is 130 Å². The van der Waals surface area contributed by atoms with Crippen LogP contribution in [0, 0.1) is 0 Å². The Labute approximate surface area is 275 Å². The summed E-state index contributed by atoms with van der Waals surface area (Å²) in [5.74, 6) is -0.821. The summed E-state index contributed by atoms with van der Waals surface area (Å²) in [6.07, 6.45) is 1.04. The van der Waals surface area contributed by atoms with Gasteiger partial charge in [0.05, 0.1) is 10.6 Å². The Morgan fingerprint density at radius 3 is 1.98 bits per heavy atom. The second-order valence-corrected chi connectivity index (χ2v) is 14.7. The van der Waals surface area contributed by atoms with Crippen molar-refractivity contribution in [3.63, 3.8) is 0 Å². The first kappa shape index (κ1) is 33.9. The number of nitrogens with one attached hydrogen (secondary N) is 1. The number of carbonyl (C=O) groups excluding carboxylic acids is 2. The third-order valence-electron chi connectivity index (χ3n) is 7.25. The van der Waals surface area contributed by atoms with Gasteiger partial charge in [-0.15, -0.1) is 0 Å². The van der Waals surface area contributed by atoms with Crippen molar-refractivity contribution in [1.29, 1.82) is 0 Å². The van der Waals surface area contributed by atoms with E-state index in [9.17, 15) is 18.0 Å². The maximum Gasteiger partial charge on any atom is 0.264 e. The second-order valence-electron chi connectivity index (χ2n) is 11.9. The van der Waals surface area contributed by atoms with Crippen molar-refractivity contribution in [1.82, 2.24) is 10.2 Å². The van der Waals surface area contributed by atoms with Crippen molar-refractivity contribution in [3.8, 4) is 0 Å². The molecule has 0 saturated carbocycles. The fourth-order valence-electron chi connectivity index (χ4n) is 4.99. The first-order chi connectivity index (χ1) is 21.4. The molecule has 0 unspecified atom stereocenters. The lowest BCUT2D eigenvalue weighted by Gasteiger charge is -2.35. The Bertz CT molecular complexity index is 1690. The molecule has 4 aromatic carbocycles. The van der Waals surface area contributed by atoms with Gasteiger partial charge >= 0.3 is 0 Å². The number of aryl methyl sites for hydroxylation is 1. The van der Waals surface area contributed by atoms with Crippen LogP contribution in [0.1, 0.15) is 44.4 Å². The van der Waals surface area contributed by atoms with Crippen LogP contribution in [-0.2, 0) is 39.0 Å². The quantitative estimate of drug-likeness (QED) is 0.178. The lowest BCUT2D eigenvalue weighted by molar-refractivity contribution is -0.140. The van der Waals surface area contributed by atoms with E-state index in [1.54, 1.807) is 30.3 Å². The third-order valence-corrected chi connectivity index (χ3v) is 9.54. The van der Waals surface area contributed by atoms with Crippen molar-refractivity contribution in [2.75, 3.05) is 10.8 Å². The molecule has 0 aliphatic rings. The minimum absolute atomic E-state index is 0.0715. The number of hydrogen-bond acceptors (Lipinski definition) is 4. The van der Waals surface area contributed by atoms with Gasteiger partial charge in [-0.1, -0.05) is 95.7 Å². The maximum absolute atomic E-state index is 14.5. The lowest BCUT2D eigenvalue weighted by Crippen LogP contribution is -2.56. The fourth-order valence-corrected chi connectivity index (χ4v) is 6.87. The molecule has 236 valence electrons. The zero-order valence-corrected chi connectivity index (χ0v) is 28.5. The maximum atomic E-state index is 14.5. The molecule has 0 aromatic heterocycles. The Hall–Kier alpha value is -3.95. The third kappa shape index (κ3) is 9.28. The molecule has 1 N–H and O–H groups in total. The van der Waals surface area contributed by atoms with Gasteiger partial charge in [-0.05, 0) is 80.3 Å². The largest absolute Gasteiger partial charge is 0.350 e. The predicted molar refractivity (Wildman–Crippen MR) is 183 cm³/mol. The molecule has 9 heteroatoms. The summed E-state index contributed by atoms with van der Waals surface area (Å²) in [6.45, 7) is 7.29. The van der Waals surface area contributed by atoms with Gasteiger partial charge in [0.15, 0.2) is 0 Å². The van der Waals surface area contributed by atoms with Crippen molar-refractivity contribution in [2.45, 2.75) is 63.6 Å². The van der Waals surface area contributed by atoms with Crippen LogP contribution >= 0.6 is 15.9 Å². The summed E-state index contributed by atoms with van der Waals surface area (Å²) in [7, 11) is -4.14. The van der Waals surface area contributed by atoms with Crippen LogP contribution in [0.25, 0.3) is 0 Å². The van der Waals surface area contributed by atoms with E-state index in [2.05, 4.69) is 21.2 Å². The molecule has 45 heavy (non-hydrogen) atoms. The van der Waals surface area contributed by atoms with E-state index in [0.717, 1.165) is 31.9 Å². The van der Waals surface area contributed by atoms with E-state index in [0.29, 0.717) is 5.69 Å². The molecule has 0 spiro atoms. The van der Waals surface area contributed by atoms with Crippen molar-refractivity contribution < 1.29 is 18.0 Å². The molecule has 0 saturated heterocycles. The first-order valence-corrected chi connectivity index (χ1v) is 17.2. The normalized spacial score (nSPS) is 12.3. The minimum Gasteiger partial charge on any atom is -0.350 e. The minimum atomic E-state index is -4.14. The molecule has 4 aromatic rings. The summed E-state index contributed by atoms with van der Waals surface area (Å²) in [5, 5.41) is 3.05. The van der Waals surface area contributed by atoms with Crippen LogP contribution in [0.4, 0.5) is 5.69 Å². The predicted octanol–water partition coefficient (Wildman–Crippen LogP) is 6.76. The number of anilines is 1. The summed E-state index contributed by atoms with van der Waals surface area (Å²) < 4.78 is 30.2. The number of carbonyl (C=O) groups is 2. The molecule has 7 nitrogen and oxygen atoms in total. The molecule has 0 fully saturated rings. The first-order valence-electron chi connectivity index (χ1n) is 14.9. The average Bonchev–Trinajstić information content (AvgIpc) is 3.01. The van der Waals surface area contributed by atoms with E-state index in [1.807, 2.05) is 94.4 Å². The Balaban J connectivity index is 1.81. The molecule has 1 atom stereocenters.